The third kappa shape index (κ3) is 1.01. The van der Waals surface area contributed by atoms with Crippen molar-refractivity contribution in [3.63, 3.8) is 0 Å². The molecular formula is C10H6N4. The molecule has 0 N–H and O–H groups in total. The van der Waals surface area contributed by atoms with Crippen LogP contribution in [-0.4, -0.2) is 20.2 Å². The summed E-state index contributed by atoms with van der Waals surface area (Å²) in [6, 6.07) is 7.75. The van der Waals surface area contributed by atoms with E-state index in [9.17, 15) is 0 Å². The summed E-state index contributed by atoms with van der Waals surface area (Å²) >= 11 is 0. The lowest BCUT2D eigenvalue weighted by molar-refractivity contribution is 1.04. The van der Waals surface area contributed by atoms with Crippen molar-refractivity contribution in [3.05, 3.63) is 36.7 Å². The first-order valence-electron chi connectivity index (χ1n) is 4.27. The zero-order chi connectivity index (χ0) is 9.38. The number of rotatable bonds is 0. The van der Waals surface area contributed by atoms with Crippen LogP contribution in [0.25, 0.3) is 22.1 Å². The van der Waals surface area contributed by atoms with E-state index in [2.05, 4.69) is 20.2 Å². The molecule has 0 aliphatic carbocycles. The average Bonchev–Trinajstić information content (AvgIpc) is 2.26. The van der Waals surface area contributed by atoms with Crippen LogP contribution in [0.5, 0.6) is 0 Å². The minimum Gasteiger partial charge on any atom is -0.243 e. The Hall–Kier alpha value is -2.10. The monoisotopic (exact) mass is 182 g/mol. The van der Waals surface area contributed by atoms with Crippen molar-refractivity contribution in [3.8, 4) is 0 Å². The molecular weight excluding hydrogens is 176 g/mol. The van der Waals surface area contributed by atoms with Crippen molar-refractivity contribution >= 4 is 22.1 Å². The smallest absolute Gasteiger partial charge is 0.111 e. The van der Waals surface area contributed by atoms with Crippen LogP contribution in [0.15, 0.2) is 36.7 Å². The second-order valence-electron chi connectivity index (χ2n) is 2.97. The van der Waals surface area contributed by atoms with Crippen LogP contribution in [0.3, 0.4) is 0 Å². The predicted octanol–water partition coefficient (Wildman–Crippen LogP) is 1.57. The van der Waals surface area contributed by atoms with Gasteiger partial charge in [-0.1, -0.05) is 12.1 Å². The number of para-hydroxylation sites is 2. The van der Waals surface area contributed by atoms with Crippen LogP contribution in [-0.2, 0) is 0 Å². The van der Waals surface area contributed by atoms with Gasteiger partial charge in [-0.3, -0.25) is 0 Å². The van der Waals surface area contributed by atoms with E-state index in [1.807, 2.05) is 24.3 Å². The van der Waals surface area contributed by atoms with Gasteiger partial charge >= 0.3 is 0 Å². The molecule has 2 heterocycles. The van der Waals surface area contributed by atoms with Crippen molar-refractivity contribution in [1.82, 2.24) is 20.2 Å². The molecule has 0 aliphatic heterocycles. The summed E-state index contributed by atoms with van der Waals surface area (Å²) in [5.74, 6) is 0. The Morgan fingerprint density at radius 3 is 1.64 bits per heavy atom. The van der Waals surface area contributed by atoms with Crippen molar-refractivity contribution in [1.29, 1.82) is 0 Å². The highest BCUT2D eigenvalue weighted by molar-refractivity contribution is 5.84. The largest absolute Gasteiger partial charge is 0.243 e. The highest BCUT2D eigenvalue weighted by Gasteiger charge is 1.99. The van der Waals surface area contributed by atoms with E-state index in [-0.39, 0.29) is 0 Å². The number of hydrogen-bond donors (Lipinski definition) is 0. The molecule has 3 rings (SSSR count). The van der Waals surface area contributed by atoms with E-state index in [0.717, 1.165) is 22.1 Å². The number of aromatic nitrogens is 4. The van der Waals surface area contributed by atoms with Gasteiger partial charge in [-0.25, -0.2) is 9.97 Å². The molecule has 1 aromatic carbocycles. The summed E-state index contributed by atoms with van der Waals surface area (Å²) < 4.78 is 0. The fourth-order valence-electron chi connectivity index (χ4n) is 1.39. The molecule has 0 saturated carbocycles. The van der Waals surface area contributed by atoms with Crippen molar-refractivity contribution in [2.75, 3.05) is 0 Å². The Morgan fingerprint density at radius 1 is 0.643 bits per heavy atom. The molecule has 4 heteroatoms. The second-order valence-corrected chi connectivity index (χ2v) is 2.97. The highest BCUT2D eigenvalue weighted by Crippen LogP contribution is 2.13. The maximum Gasteiger partial charge on any atom is 0.111 e. The molecule has 2 aromatic heterocycles. The van der Waals surface area contributed by atoms with Crippen molar-refractivity contribution < 1.29 is 0 Å². The maximum atomic E-state index is 4.41. The molecule has 14 heavy (non-hydrogen) atoms. The summed E-state index contributed by atoms with van der Waals surface area (Å²) in [4.78, 5) is 8.83. The number of benzene rings is 1. The van der Waals surface area contributed by atoms with Gasteiger partial charge in [0.25, 0.3) is 0 Å². The van der Waals surface area contributed by atoms with E-state index >= 15 is 0 Å². The summed E-state index contributed by atoms with van der Waals surface area (Å²) in [6.07, 6.45) is 3.24. The van der Waals surface area contributed by atoms with E-state index < -0.39 is 0 Å². The summed E-state index contributed by atoms with van der Waals surface area (Å²) in [6.45, 7) is 0. The van der Waals surface area contributed by atoms with Crippen LogP contribution < -0.4 is 0 Å². The fourth-order valence-corrected chi connectivity index (χ4v) is 1.39. The van der Waals surface area contributed by atoms with Gasteiger partial charge in [0.15, 0.2) is 0 Å². The first kappa shape index (κ1) is 7.32. The van der Waals surface area contributed by atoms with E-state index in [1.54, 1.807) is 12.4 Å². The average molecular weight is 182 g/mol. The van der Waals surface area contributed by atoms with Crippen molar-refractivity contribution in [2.45, 2.75) is 0 Å². The van der Waals surface area contributed by atoms with Gasteiger partial charge in [-0.15, -0.1) is 0 Å². The summed E-state index contributed by atoms with van der Waals surface area (Å²) in [7, 11) is 0. The number of fused-ring (bicyclic) bond motifs is 2. The second kappa shape index (κ2) is 2.70. The Balaban J connectivity index is 2.52. The van der Waals surface area contributed by atoms with Crippen molar-refractivity contribution in [2.24, 2.45) is 0 Å². The molecule has 0 spiro atoms. The lowest BCUT2D eigenvalue weighted by Crippen LogP contribution is -1.89. The quantitative estimate of drug-likeness (QED) is 0.495. The first-order chi connectivity index (χ1) is 6.93. The van der Waals surface area contributed by atoms with E-state index in [4.69, 9.17) is 0 Å². The lowest BCUT2D eigenvalue weighted by atomic mass is 10.3. The van der Waals surface area contributed by atoms with E-state index in [0.29, 0.717) is 0 Å². The molecule has 0 bridgehead atoms. The van der Waals surface area contributed by atoms with Gasteiger partial charge in [-0.2, -0.15) is 10.2 Å². The Labute approximate surface area is 79.6 Å². The lowest BCUT2D eigenvalue weighted by Gasteiger charge is -1.97. The van der Waals surface area contributed by atoms with Gasteiger partial charge in [-0.05, 0) is 12.1 Å². The van der Waals surface area contributed by atoms with Crippen LogP contribution >= 0.6 is 0 Å². The standard InChI is InChI=1S/C10H6N4/c1-2-4-8-7(3-1)13-9-5-11-12-6-10(9)14-8/h1-6H. The minimum atomic E-state index is 0.777. The third-order valence-corrected chi connectivity index (χ3v) is 2.05. The minimum absolute atomic E-state index is 0.777. The zero-order valence-corrected chi connectivity index (χ0v) is 7.25. The third-order valence-electron chi connectivity index (χ3n) is 2.05. The molecule has 4 nitrogen and oxygen atoms in total. The molecule has 0 saturated heterocycles. The molecule has 0 fully saturated rings. The van der Waals surface area contributed by atoms with Gasteiger partial charge < -0.3 is 0 Å². The van der Waals surface area contributed by atoms with Crippen LogP contribution in [0, 0.1) is 0 Å². The Morgan fingerprint density at radius 2 is 1.14 bits per heavy atom. The molecule has 3 aromatic rings. The molecule has 0 radical (unpaired) electrons. The molecule has 0 amide bonds. The maximum absolute atomic E-state index is 4.41. The molecule has 0 unspecified atom stereocenters. The summed E-state index contributed by atoms with van der Waals surface area (Å²) in [5, 5.41) is 7.53. The fraction of sp³-hybridized carbons (Fsp3) is 0. The van der Waals surface area contributed by atoms with Gasteiger partial charge in [0, 0.05) is 0 Å². The summed E-state index contributed by atoms with van der Waals surface area (Å²) in [5.41, 5.74) is 3.32. The van der Waals surface area contributed by atoms with Gasteiger partial charge in [0.2, 0.25) is 0 Å². The van der Waals surface area contributed by atoms with E-state index in [1.165, 1.54) is 0 Å². The Kier molecular flexibility index (Phi) is 1.41. The predicted molar refractivity (Wildman–Crippen MR) is 52.6 cm³/mol. The first-order valence-corrected chi connectivity index (χ1v) is 4.27. The van der Waals surface area contributed by atoms with Gasteiger partial charge in [0.1, 0.15) is 11.0 Å². The van der Waals surface area contributed by atoms with Crippen LogP contribution in [0.4, 0.5) is 0 Å². The SMILES string of the molecule is c1ccc2nc3cnncc3nc2c1. The Bertz CT molecular complexity index is 501. The number of hydrogen-bond acceptors (Lipinski definition) is 4. The van der Waals surface area contributed by atoms with Crippen LogP contribution in [0.1, 0.15) is 0 Å². The molecule has 66 valence electrons. The number of nitrogens with zero attached hydrogens (tertiary/aromatic N) is 4. The van der Waals surface area contributed by atoms with Gasteiger partial charge in [0.05, 0.1) is 23.4 Å². The van der Waals surface area contributed by atoms with Crippen LogP contribution in [0.2, 0.25) is 0 Å². The molecule has 0 atom stereocenters. The highest BCUT2D eigenvalue weighted by atomic mass is 15.1. The zero-order valence-electron chi connectivity index (χ0n) is 7.25. The topological polar surface area (TPSA) is 51.6 Å². The molecule has 0 aliphatic rings. The normalized spacial score (nSPS) is 10.9.